The number of pyridine rings is 1. The van der Waals surface area contributed by atoms with Gasteiger partial charge in [0, 0.05) is 11.6 Å². The fourth-order valence-corrected chi connectivity index (χ4v) is 2.48. The van der Waals surface area contributed by atoms with Gasteiger partial charge in [-0.1, -0.05) is 30.3 Å². The third-order valence-electron chi connectivity index (χ3n) is 3.01. The number of rotatable bonds is 5. The van der Waals surface area contributed by atoms with E-state index in [1.165, 1.54) is 17.8 Å². The summed E-state index contributed by atoms with van der Waals surface area (Å²) >= 11 is 1.25. The first kappa shape index (κ1) is 16.5. The zero-order chi connectivity index (χ0) is 16.8. The van der Waals surface area contributed by atoms with Crippen molar-refractivity contribution in [1.82, 2.24) is 4.98 Å². The van der Waals surface area contributed by atoms with Gasteiger partial charge in [0.2, 0.25) is 5.91 Å². The number of anilines is 2. The van der Waals surface area contributed by atoms with Crippen molar-refractivity contribution in [3.05, 3.63) is 47.5 Å². The molecule has 0 aliphatic rings. The average molecular weight is 326 g/mol. The van der Waals surface area contributed by atoms with Gasteiger partial charge in [-0.2, -0.15) is 5.26 Å². The smallest absolute Gasteiger partial charge is 0.233 e. The molecule has 23 heavy (non-hydrogen) atoms. The summed E-state index contributed by atoms with van der Waals surface area (Å²) < 4.78 is 0. The second-order valence-electron chi connectivity index (χ2n) is 4.61. The highest BCUT2D eigenvalue weighted by molar-refractivity contribution is 7.98. The van der Waals surface area contributed by atoms with Gasteiger partial charge in [0.25, 0.3) is 0 Å². The fourth-order valence-electron chi connectivity index (χ4n) is 1.92. The number of hydrogen-bond donors (Lipinski definition) is 2. The number of Topliss-reactive ketones (excluding diaryl/α,β-unsaturated/α-hetero) is 1. The number of carbonyl (C=O) groups is 2. The molecule has 0 aliphatic heterocycles. The summed E-state index contributed by atoms with van der Waals surface area (Å²) in [6.07, 6.45) is 1.47. The van der Waals surface area contributed by atoms with Gasteiger partial charge < -0.3 is 11.1 Å². The number of nitrogens with one attached hydrogen (secondary N) is 1. The van der Waals surface area contributed by atoms with Crippen LogP contribution in [0.1, 0.15) is 22.3 Å². The van der Waals surface area contributed by atoms with E-state index in [4.69, 9.17) is 11.0 Å². The quantitative estimate of drug-likeness (QED) is 0.496. The standard InChI is InChI=1S/C16H14N4O2S/c1-23-16-11(9-17)12(18)7-14(20-16)19-15(22)8-13(21)10-5-3-2-4-6-10/h2-7H,8H2,1H3,(H3,18,19,20,22). The van der Waals surface area contributed by atoms with Crippen molar-refractivity contribution in [3.63, 3.8) is 0 Å². The molecular weight excluding hydrogens is 312 g/mol. The van der Waals surface area contributed by atoms with Crippen molar-refractivity contribution in [3.8, 4) is 6.07 Å². The second-order valence-corrected chi connectivity index (χ2v) is 5.40. The van der Waals surface area contributed by atoms with E-state index < -0.39 is 5.91 Å². The fraction of sp³-hybridized carbons (Fsp3) is 0.125. The van der Waals surface area contributed by atoms with Gasteiger partial charge in [-0.25, -0.2) is 4.98 Å². The second kappa shape index (κ2) is 7.42. The molecule has 0 bridgehead atoms. The van der Waals surface area contributed by atoms with E-state index in [1.54, 1.807) is 36.6 Å². The number of benzene rings is 1. The Balaban J connectivity index is 2.10. The van der Waals surface area contributed by atoms with Crippen LogP contribution in [0, 0.1) is 11.3 Å². The van der Waals surface area contributed by atoms with Gasteiger partial charge in [0.15, 0.2) is 5.78 Å². The Morgan fingerprint density at radius 1 is 1.35 bits per heavy atom. The number of ketones is 1. The molecule has 6 nitrogen and oxygen atoms in total. The number of nitrogens with two attached hydrogens (primary N) is 1. The average Bonchev–Trinajstić information content (AvgIpc) is 2.54. The summed E-state index contributed by atoms with van der Waals surface area (Å²) in [7, 11) is 0. The van der Waals surface area contributed by atoms with E-state index in [1.807, 2.05) is 6.07 Å². The topological polar surface area (TPSA) is 109 Å². The highest BCUT2D eigenvalue weighted by Crippen LogP contribution is 2.25. The molecule has 0 aliphatic carbocycles. The van der Waals surface area contributed by atoms with Crippen molar-refractivity contribution in [2.24, 2.45) is 0 Å². The minimum Gasteiger partial charge on any atom is -0.397 e. The Morgan fingerprint density at radius 3 is 2.65 bits per heavy atom. The van der Waals surface area contributed by atoms with Crippen LogP contribution in [0.2, 0.25) is 0 Å². The van der Waals surface area contributed by atoms with Crippen LogP contribution in [-0.2, 0) is 4.79 Å². The summed E-state index contributed by atoms with van der Waals surface area (Å²) in [6, 6.07) is 11.9. The van der Waals surface area contributed by atoms with Crippen LogP contribution >= 0.6 is 11.8 Å². The van der Waals surface area contributed by atoms with E-state index in [0.717, 1.165) is 0 Å². The van der Waals surface area contributed by atoms with E-state index in [9.17, 15) is 9.59 Å². The molecule has 116 valence electrons. The third kappa shape index (κ3) is 4.08. The summed E-state index contributed by atoms with van der Waals surface area (Å²) in [4.78, 5) is 28.1. The van der Waals surface area contributed by atoms with E-state index in [0.29, 0.717) is 10.6 Å². The largest absolute Gasteiger partial charge is 0.397 e. The number of thioether (sulfide) groups is 1. The van der Waals surface area contributed by atoms with Crippen molar-refractivity contribution in [2.45, 2.75) is 11.4 Å². The molecule has 7 heteroatoms. The lowest BCUT2D eigenvalue weighted by atomic mass is 10.1. The van der Waals surface area contributed by atoms with Crippen molar-refractivity contribution < 1.29 is 9.59 Å². The first-order valence-electron chi connectivity index (χ1n) is 6.68. The summed E-state index contributed by atoms with van der Waals surface area (Å²) in [5.74, 6) is -0.547. The third-order valence-corrected chi connectivity index (χ3v) is 3.69. The molecular formula is C16H14N4O2S. The van der Waals surface area contributed by atoms with E-state index >= 15 is 0 Å². The summed E-state index contributed by atoms with van der Waals surface area (Å²) in [5, 5.41) is 12.0. The van der Waals surface area contributed by atoms with Crippen LogP contribution in [0.4, 0.5) is 11.5 Å². The lowest BCUT2D eigenvalue weighted by molar-refractivity contribution is -0.115. The van der Waals surface area contributed by atoms with E-state index in [2.05, 4.69) is 10.3 Å². The predicted octanol–water partition coefficient (Wildman–Crippen LogP) is 2.47. The molecule has 1 aromatic heterocycles. The SMILES string of the molecule is CSc1nc(NC(=O)CC(=O)c2ccccc2)cc(N)c1C#N. The van der Waals surface area contributed by atoms with Crippen LogP contribution in [0.25, 0.3) is 0 Å². The molecule has 2 aromatic rings. The Kier molecular flexibility index (Phi) is 5.33. The number of hydrogen-bond acceptors (Lipinski definition) is 6. The van der Waals surface area contributed by atoms with Crippen LogP contribution in [-0.4, -0.2) is 22.9 Å². The van der Waals surface area contributed by atoms with Crippen LogP contribution in [0.15, 0.2) is 41.4 Å². The number of nitrogens with zero attached hydrogens (tertiary/aromatic N) is 2. The minimum absolute atomic E-state index is 0.219. The Hall–Kier alpha value is -2.85. The molecule has 1 aromatic carbocycles. The zero-order valence-electron chi connectivity index (χ0n) is 12.4. The molecule has 0 atom stereocenters. The highest BCUT2D eigenvalue weighted by Gasteiger charge is 2.14. The number of nitrogen functional groups attached to an aromatic ring is 1. The van der Waals surface area contributed by atoms with E-state index in [-0.39, 0.29) is 29.3 Å². The lowest BCUT2D eigenvalue weighted by Crippen LogP contribution is -2.17. The lowest BCUT2D eigenvalue weighted by Gasteiger charge is -2.09. The first-order chi connectivity index (χ1) is 11.0. The van der Waals surface area contributed by atoms with Gasteiger partial charge in [-0.3, -0.25) is 9.59 Å². The minimum atomic E-state index is -0.484. The molecule has 0 fully saturated rings. The molecule has 0 radical (unpaired) electrons. The van der Waals surface area contributed by atoms with Crippen molar-refractivity contribution in [1.29, 1.82) is 5.26 Å². The van der Waals surface area contributed by atoms with Gasteiger partial charge in [-0.05, 0) is 6.26 Å². The Labute approximate surface area is 137 Å². The van der Waals surface area contributed by atoms with Crippen LogP contribution in [0.3, 0.4) is 0 Å². The number of aromatic nitrogens is 1. The van der Waals surface area contributed by atoms with Crippen LogP contribution in [0.5, 0.6) is 0 Å². The normalized spacial score (nSPS) is 9.91. The van der Waals surface area contributed by atoms with Gasteiger partial charge in [0.05, 0.1) is 12.1 Å². The van der Waals surface area contributed by atoms with Crippen LogP contribution < -0.4 is 11.1 Å². The van der Waals surface area contributed by atoms with Gasteiger partial charge >= 0.3 is 0 Å². The highest BCUT2D eigenvalue weighted by atomic mass is 32.2. The molecule has 1 heterocycles. The predicted molar refractivity (Wildman–Crippen MR) is 89.2 cm³/mol. The van der Waals surface area contributed by atoms with Gasteiger partial charge in [0.1, 0.15) is 22.5 Å². The first-order valence-corrected chi connectivity index (χ1v) is 7.90. The number of nitriles is 1. The Bertz CT molecular complexity index is 785. The van der Waals surface area contributed by atoms with Crippen molar-refractivity contribution in [2.75, 3.05) is 17.3 Å². The number of carbonyl (C=O) groups excluding carboxylic acids is 2. The molecule has 0 saturated carbocycles. The Morgan fingerprint density at radius 2 is 2.04 bits per heavy atom. The summed E-state index contributed by atoms with van der Waals surface area (Å²) in [6.45, 7) is 0. The zero-order valence-corrected chi connectivity index (χ0v) is 13.2. The monoisotopic (exact) mass is 326 g/mol. The molecule has 3 N–H and O–H groups in total. The van der Waals surface area contributed by atoms with Gasteiger partial charge in [-0.15, -0.1) is 11.8 Å². The molecule has 2 rings (SSSR count). The molecule has 0 spiro atoms. The van der Waals surface area contributed by atoms with Crippen molar-refractivity contribution >= 4 is 35.0 Å². The maximum Gasteiger partial charge on any atom is 0.233 e. The molecule has 1 amide bonds. The molecule has 0 unspecified atom stereocenters. The summed E-state index contributed by atoms with van der Waals surface area (Å²) in [5.41, 5.74) is 6.76. The maximum absolute atomic E-state index is 12.0. The molecule has 0 saturated heterocycles. The maximum atomic E-state index is 12.0. The number of amides is 1.